The predicted octanol–water partition coefficient (Wildman–Crippen LogP) is -0.0749. The summed E-state index contributed by atoms with van der Waals surface area (Å²) >= 11 is 0. The van der Waals surface area contributed by atoms with Crippen LogP contribution in [0.2, 0.25) is 0 Å². The molecule has 0 saturated heterocycles. The summed E-state index contributed by atoms with van der Waals surface area (Å²) in [6.45, 7) is 3.37. The van der Waals surface area contributed by atoms with Gasteiger partial charge in [0.2, 0.25) is 11.8 Å². The zero-order valence-corrected chi connectivity index (χ0v) is 16.3. The Morgan fingerprint density at radius 1 is 1.11 bits per heavy atom. The van der Waals surface area contributed by atoms with Crippen molar-refractivity contribution in [3.63, 3.8) is 0 Å². The Morgan fingerprint density at radius 2 is 1.70 bits per heavy atom. The van der Waals surface area contributed by atoms with Crippen molar-refractivity contribution >= 4 is 17.7 Å². The molecule has 0 bridgehead atoms. The quantitative estimate of drug-likeness (QED) is 0.479. The lowest BCUT2D eigenvalue weighted by atomic mass is 10.0. The fourth-order valence-electron chi connectivity index (χ4n) is 2.51. The predicted molar refractivity (Wildman–Crippen MR) is 103 cm³/mol. The lowest BCUT2D eigenvalue weighted by Crippen LogP contribution is -2.53. The van der Waals surface area contributed by atoms with E-state index in [0.717, 1.165) is 6.42 Å². The minimum atomic E-state index is -1.39. The number of nitrogens with one attached hydrogen (secondary N) is 2. The zero-order chi connectivity index (χ0) is 20.6. The van der Waals surface area contributed by atoms with E-state index in [9.17, 15) is 19.5 Å². The van der Waals surface area contributed by atoms with Crippen molar-refractivity contribution in [3.8, 4) is 0 Å². The molecular formula is C19H30N4O4. The van der Waals surface area contributed by atoms with E-state index >= 15 is 0 Å². The smallest absolute Gasteiger partial charge is 0.251 e. The Bertz CT molecular complexity index is 636. The number of nitrogens with zero attached hydrogens (tertiary/aromatic N) is 1. The number of carbonyl (C=O) groups excluding carboxylic acids is 3. The van der Waals surface area contributed by atoms with Gasteiger partial charge in [0.15, 0.2) is 0 Å². The number of hydrogen-bond acceptors (Lipinski definition) is 5. The van der Waals surface area contributed by atoms with Gasteiger partial charge in [0, 0.05) is 20.1 Å². The highest BCUT2D eigenvalue weighted by Crippen LogP contribution is 2.15. The topological polar surface area (TPSA) is 125 Å². The van der Waals surface area contributed by atoms with Gasteiger partial charge in [-0.25, -0.2) is 0 Å². The number of aliphatic hydroxyl groups is 1. The molecule has 4 atom stereocenters. The fraction of sp³-hybridized carbons (Fsp3) is 0.526. The summed E-state index contributed by atoms with van der Waals surface area (Å²) in [5, 5.41) is 15.0. The van der Waals surface area contributed by atoms with Gasteiger partial charge in [0.25, 0.3) is 5.91 Å². The van der Waals surface area contributed by atoms with Crippen molar-refractivity contribution < 1.29 is 19.5 Å². The molecule has 150 valence electrons. The van der Waals surface area contributed by atoms with Crippen LogP contribution in [0.15, 0.2) is 30.3 Å². The maximum atomic E-state index is 12.5. The molecule has 0 aliphatic rings. The van der Waals surface area contributed by atoms with Crippen molar-refractivity contribution in [2.75, 3.05) is 14.1 Å². The molecule has 0 aliphatic heterocycles. The number of likely N-dealkylation sites (N-methyl/N-ethyl adjacent to an activating group) is 1. The highest BCUT2D eigenvalue weighted by molar-refractivity contribution is 5.93. The van der Waals surface area contributed by atoms with Crippen LogP contribution in [-0.4, -0.2) is 60.0 Å². The van der Waals surface area contributed by atoms with Gasteiger partial charge in [0.05, 0.1) is 0 Å². The van der Waals surface area contributed by atoms with E-state index in [1.54, 1.807) is 38.4 Å². The second-order valence-electron chi connectivity index (χ2n) is 6.71. The molecule has 0 spiro atoms. The van der Waals surface area contributed by atoms with Crippen LogP contribution in [0.4, 0.5) is 0 Å². The van der Waals surface area contributed by atoms with E-state index in [2.05, 4.69) is 10.6 Å². The normalized spacial score (nSPS) is 15.2. The highest BCUT2D eigenvalue weighted by atomic mass is 16.3. The SMILES string of the molecule is CCC[C@H](N)C(O)C(=O)N[C@@H](C)C(=O)N[C@H](C(=O)N(C)C)c1ccccc1. The number of nitrogens with two attached hydrogens (primary N) is 1. The second-order valence-corrected chi connectivity index (χ2v) is 6.71. The van der Waals surface area contributed by atoms with E-state index in [1.165, 1.54) is 11.8 Å². The molecule has 8 heteroatoms. The molecule has 0 aliphatic carbocycles. The van der Waals surface area contributed by atoms with Crippen LogP contribution in [0.25, 0.3) is 0 Å². The molecule has 1 unspecified atom stereocenters. The van der Waals surface area contributed by atoms with E-state index < -0.39 is 36.0 Å². The van der Waals surface area contributed by atoms with Crippen LogP contribution in [0, 0.1) is 0 Å². The van der Waals surface area contributed by atoms with Gasteiger partial charge in [-0.15, -0.1) is 0 Å². The molecule has 0 heterocycles. The highest BCUT2D eigenvalue weighted by Gasteiger charge is 2.29. The number of hydrogen-bond donors (Lipinski definition) is 4. The van der Waals surface area contributed by atoms with Gasteiger partial charge in [-0.05, 0) is 18.9 Å². The van der Waals surface area contributed by atoms with Crippen LogP contribution in [0.3, 0.4) is 0 Å². The summed E-state index contributed by atoms with van der Waals surface area (Å²) in [7, 11) is 3.20. The molecule has 1 rings (SSSR count). The summed E-state index contributed by atoms with van der Waals surface area (Å²) < 4.78 is 0. The average molecular weight is 378 g/mol. The van der Waals surface area contributed by atoms with Gasteiger partial charge in [-0.1, -0.05) is 43.7 Å². The van der Waals surface area contributed by atoms with E-state index in [4.69, 9.17) is 5.73 Å². The standard InChI is InChI=1S/C19H30N4O4/c1-5-9-14(20)16(24)18(26)21-12(2)17(25)22-15(19(27)23(3)4)13-10-7-6-8-11-13/h6-8,10-12,14-16,24H,5,9,20H2,1-4H3,(H,21,26)(H,22,25)/t12-,14-,15-,16?/m0/s1. The van der Waals surface area contributed by atoms with Crippen molar-refractivity contribution in [3.05, 3.63) is 35.9 Å². The fourth-order valence-corrected chi connectivity index (χ4v) is 2.51. The molecule has 8 nitrogen and oxygen atoms in total. The van der Waals surface area contributed by atoms with Crippen molar-refractivity contribution in [1.29, 1.82) is 0 Å². The molecule has 1 aromatic carbocycles. The van der Waals surface area contributed by atoms with Gasteiger partial charge >= 0.3 is 0 Å². The summed E-state index contributed by atoms with van der Waals surface area (Å²) in [5.74, 6) is -1.55. The van der Waals surface area contributed by atoms with E-state index in [-0.39, 0.29) is 5.91 Å². The molecule has 27 heavy (non-hydrogen) atoms. The van der Waals surface area contributed by atoms with Gasteiger partial charge < -0.3 is 26.4 Å². The minimum Gasteiger partial charge on any atom is -0.382 e. The molecule has 0 saturated carbocycles. The first-order valence-corrected chi connectivity index (χ1v) is 8.99. The number of aliphatic hydroxyl groups excluding tert-OH is 1. The van der Waals surface area contributed by atoms with Crippen molar-refractivity contribution in [2.45, 2.75) is 50.9 Å². The lowest BCUT2D eigenvalue weighted by molar-refractivity contribution is -0.137. The van der Waals surface area contributed by atoms with Crippen LogP contribution >= 0.6 is 0 Å². The third-order valence-electron chi connectivity index (χ3n) is 4.16. The Kier molecular flexibility index (Phi) is 8.90. The van der Waals surface area contributed by atoms with Gasteiger partial charge in [-0.3, -0.25) is 14.4 Å². The molecule has 0 radical (unpaired) electrons. The maximum Gasteiger partial charge on any atom is 0.251 e. The minimum absolute atomic E-state index is 0.293. The van der Waals surface area contributed by atoms with Crippen molar-refractivity contribution in [2.24, 2.45) is 5.73 Å². The number of rotatable bonds is 9. The maximum absolute atomic E-state index is 12.5. The molecular weight excluding hydrogens is 348 g/mol. The third-order valence-corrected chi connectivity index (χ3v) is 4.16. The number of benzene rings is 1. The Labute approximate surface area is 160 Å². The molecule has 1 aromatic rings. The number of carbonyl (C=O) groups is 3. The van der Waals surface area contributed by atoms with Crippen LogP contribution < -0.4 is 16.4 Å². The van der Waals surface area contributed by atoms with Gasteiger partial charge in [-0.2, -0.15) is 0 Å². The third kappa shape index (κ3) is 6.65. The zero-order valence-electron chi connectivity index (χ0n) is 16.3. The molecule has 3 amide bonds. The summed E-state index contributed by atoms with van der Waals surface area (Å²) in [6.07, 6.45) is -0.177. The average Bonchev–Trinajstić information content (AvgIpc) is 2.65. The van der Waals surface area contributed by atoms with Crippen LogP contribution in [0.5, 0.6) is 0 Å². The Hall–Kier alpha value is -2.45. The largest absolute Gasteiger partial charge is 0.382 e. The first-order valence-electron chi connectivity index (χ1n) is 8.99. The van der Waals surface area contributed by atoms with E-state index in [0.29, 0.717) is 12.0 Å². The van der Waals surface area contributed by atoms with Crippen LogP contribution in [0.1, 0.15) is 38.3 Å². The Balaban J connectivity index is 2.80. The summed E-state index contributed by atoms with van der Waals surface area (Å²) in [4.78, 5) is 38.4. The molecule has 5 N–H and O–H groups in total. The molecule has 0 fully saturated rings. The summed E-state index contributed by atoms with van der Waals surface area (Å²) in [5.41, 5.74) is 6.38. The van der Waals surface area contributed by atoms with E-state index in [1.807, 2.05) is 13.0 Å². The monoisotopic (exact) mass is 378 g/mol. The van der Waals surface area contributed by atoms with Crippen LogP contribution in [-0.2, 0) is 14.4 Å². The second kappa shape index (κ2) is 10.6. The lowest BCUT2D eigenvalue weighted by Gasteiger charge is -2.25. The summed E-state index contributed by atoms with van der Waals surface area (Å²) in [6, 6.07) is 6.32. The first kappa shape index (κ1) is 22.6. The molecule has 0 aromatic heterocycles. The first-order chi connectivity index (χ1) is 12.7. The van der Waals surface area contributed by atoms with Crippen molar-refractivity contribution in [1.82, 2.24) is 15.5 Å². The Morgan fingerprint density at radius 3 is 2.22 bits per heavy atom. The number of amides is 3. The van der Waals surface area contributed by atoms with Gasteiger partial charge in [0.1, 0.15) is 18.2 Å².